The van der Waals surface area contributed by atoms with Crippen molar-refractivity contribution in [3.05, 3.63) is 0 Å². The van der Waals surface area contributed by atoms with Crippen molar-refractivity contribution in [1.82, 2.24) is 0 Å². The molecule has 0 rings (SSSR count). The molecule has 0 heterocycles. The van der Waals surface area contributed by atoms with Crippen molar-refractivity contribution >= 4 is 14.2 Å². The number of hydrogen-bond donors (Lipinski definition) is 3. The Balaban J connectivity index is 4.01. The van der Waals surface area contributed by atoms with Crippen molar-refractivity contribution in [3.63, 3.8) is 0 Å². The lowest BCUT2D eigenvalue weighted by molar-refractivity contribution is -0.114. The summed E-state index contributed by atoms with van der Waals surface area (Å²) in [4.78, 5) is 35.8. The Kier molecular flexibility index (Phi) is 2.92. The first-order valence-electron chi connectivity index (χ1n) is 2.79. The molecule has 10 heavy (non-hydrogen) atoms. The van der Waals surface area contributed by atoms with Crippen LogP contribution in [0.15, 0.2) is 0 Å². The van der Waals surface area contributed by atoms with Crippen LogP contribution in [-0.4, -0.2) is 27.1 Å². The summed E-state index contributed by atoms with van der Waals surface area (Å²) in [5.41, 5.74) is -0.855. The van der Waals surface area contributed by atoms with Crippen molar-refractivity contribution in [2.24, 2.45) is 5.41 Å². The van der Waals surface area contributed by atoms with Crippen molar-refractivity contribution in [2.75, 3.05) is 6.16 Å². The van der Waals surface area contributed by atoms with Crippen LogP contribution in [0.4, 0.5) is 0 Å². The summed E-state index contributed by atoms with van der Waals surface area (Å²) in [7, 11) is -3.79. The van der Waals surface area contributed by atoms with E-state index in [1.165, 1.54) is 13.8 Å². The van der Waals surface area contributed by atoms with Crippen LogP contribution < -0.4 is 0 Å². The van der Waals surface area contributed by atoms with Gasteiger partial charge in [0.2, 0.25) is 0 Å². The Morgan fingerprint density at radius 2 is 1.80 bits per heavy atom. The number of aldehydes is 1. The van der Waals surface area contributed by atoms with Crippen molar-refractivity contribution in [1.29, 1.82) is 0 Å². The highest BCUT2D eigenvalue weighted by molar-refractivity contribution is 7.58. The van der Waals surface area contributed by atoms with Gasteiger partial charge in [0, 0.05) is 0 Å². The van der Waals surface area contributed by atoms with Crippen LogP contribution in [0.2, 0.25) is 0 Å². The molecule has 0 aromatic rings. The van der Waals surface area contributed by atoms with Gasteiger partial charge < -0.3 is 4.79 Å². The van der Waals surface area contributed by atoms with E-state index >= 15 is 0 Å². The molecule has 0 amide bonds. The predicted molar refractivity (Wildman–Crippen MR) is 38.3 cm³/mol. The second-order valence-corrected chi connectivity index (χ2v) is 4.66. The maximum Gasteiger partial charge on any atom is 0.404 e. The summed E-state index contributed by atoms with van der Waals surface area (Å²) in [5, 5.41) is 0. The molecule has 0 aliphatic heterocycles. The number of carbonyl (C=O) groups excluding carboxylic acids is 1. The molecule has 0 aliphatic rings. The van der Waals surface area contributed by atoms with Gasteiger partial charge in [-0.05, 0) is 13.8 Å². The third-order valence-corrected chi connectivity index (χ3v) is 2.18. The highest BCUT2D eigenvalue weighted by atomic mass is 31.2. The average Bonchev–Trinajstić information content (AvgIpc) is 1.60. The third-order valence-electron chi connectivity index (χ3n) is 0.939. The van der Waals surface area contributed by atoms with E-state index < -0.39 is 13.4 Å². The van der Waals surface area contributed by atoms with E-state index in [9.17, 15) is 4.79 Å². The van der Waals surface area contributed by atoms with Gasteiger partial charge in [-0.1, -0.05) is 0 Å². The molecular formula is C5H12O4P+. The lowest BCUT2D eigenvalue weighted by Crippen LogP contribution is -2.20. The first-order chi connectivity index (χ1) is 4.27. The molecule has 0 aliphatic carbocycles. The van der Waals surface area contributed by atoms with E-state index in [2.05, 4.69) is 0 Å². The highest BCUT2D eigenvalue weighted by Gasteiger charge is 2.38. The second-order valence-electron chi connectivity index (χ2n) is 2.96. The predicted octanol–water partition coefficient (Wildman–Crippen LogP) is -0.0490. The molecule has 0 saturated heterocycles. The quantitative estimate of drug-likeness (QED) is 0.407. The molecular weight excluding hydrogens is 155 g/mol. The molecule has 0 aromatic heterocycles. The number of rotatable bonds is 3. The molecule has 0 bridgehead atoms. The van der Waals surface area contributed by atoms with Gasteiger partial charge in [0.1, 0.15) is 6.29 Å². The number of carbonyl (C=O) groups is 1. The van der Waals surface area contributed by atoms with Crippen LogP contribution in [-0.2, 0) is 4.79 Å². The Morgan fingerprint density at radius 1 is 1.40 bits per heavy atom. The summed E-state index contributed by atoms with van der Waals surface area (Å²) in [6.07, 6.45) is 0.313. The minimum absolute atomic E-state index is 0.274. The van der Waals surface area contributed by atoms with Crippen LogP contribution in [0.1, 0.15) is 13.8 Å². The maximum absolute atomic E-state index is 10.2. The van der Waals surface area contributed by atoms with E-state index in [1.54, 1.807) is 0 Å². The molecule has 5 heteroatoms. The summed E-state index contributed by atoms with van der Waals surface area (Å²) in [6, 6.07) is 0. The molecule has 3 N–H and O–H groups in total. The smallest absolute Gasteiger partial charge is 0.303 e. The fourth-order valence-corrected chi connectivity index (χ4v) is 1.75. The van der Waals surface area contributed by atoms with Crippen LogP contribution in [0.25, 0.3) is 0 Å². The zero-order valence-corrected chi connectivity index (χ0v) is 6.88. The van der Waals surface area contributed by atoms with Gasteiger partial charge >= 0.3 is 7.94 Å². The Hall–Kier alpha value is -0.0200. The van der Waals surface area contributed by atoms with Crippen LogP contribution >= 0.6 is 7.94 Å². The Labute approximate surface area is 60.1 Å². The summed E-state index contributed by atoms with van der Waals surface area (Å²) >= 11 is 0. The highest BCUT2D eigenvalue weighted by Crippen LogP contribution is 2.48. The van der Waals surface area contributed by atoms with Gasteiger partial charge in [-0.15, -0.1) is 0 Å². The van der Waals surface area contributed by atoms with Crippen molar-refractivity contribution in [3.8, 4) is 0 Å². The zero-order valence-electron chi connectivity index (χ0n) is 5.98. The third kappa shape index (κ3) is 4.82. The minimum atomic E-state index is -3.79. The van der Waals surface area contributed by atoms with Gasteiger partial charge in [-0.25, -0.2) is 0 Å². The SMILES string of the molecule is CC(C)(C=O)C[P+](O)(O)O. The summed E-state index contributed by atoms with van der Waals surface area (Å²) in [6.45, 7) is 3.05. The first-order valence-corrected chi connectivity index (χ1v) is 4.63. The standard InChI is InChI=1S/C5H12O4P/c1-5(2,3-6)4-10(7,8)9/h3,7-9H,4H2,1-2H3/q+1. The van der Waals surface area contributed by atoms with Gasteiger partial charge in [0.05, 0.1) is 5.41 Å². The Morgan fingerprint density at radius 3 is 1.90 bits per heavy atom. The molecule has 0 spiro atoms. The molecule has 0 unspecified atom stereocenters. The molecule has 0 aromatic carbocycles. The van der Waals surface area contributed by atoms with Gasteiger partial charge in [-0.2, -0.15) is 14.7 Å². The summed E-state index contributed by atoms with van der Waals surface area (Å²) < 4.78 is 0. The van der Waals surface area contributed by atoms with Gasteiger partial charge in [0.25, 0.3) is 0 Å². The maximum atomic E-state index is 10.2. The molecule has 0 fully saturated rings. The van der Waals surface area contributed by atoms with Crippen molar-refractivity contribution in [2.45, 2.75) is 13.8 Å². The lowest BCUT2D eigenvalue weighted by Gasteiger charge is -2.15. The second kappa shape index (κ2) is 2.93. The normalized spacial score (nSPS) is 13.3. The molecule has 60 valence electrons. The lowest BCUT2D eigenvalue weighted by atomic mass is 10.00. The van der Waals surface area contributed by atoms with Gasteiger partial charge in [-0.3, -0.25) is 0 Å². The van der Waals surface area contributed by atoms with Crippen LogP contribution in [0.5, 0.6) is 0 Å². The van der Waals surface area contributed by atoms with Crippen molar-refractivity contribution < 1.29 is 19.5 Å². The monoisotopic (exact) mass is 167 g/mol. The van der Waals surface area contributed by atoms with Crippen LogP contribution in [0.3, 0.4) is 0 Å². The molecule has 0 atom stereocenters. The largest absolute Gasteiger partial charge is 0.404 e. The van der Waals surface area contributed by atoms with E-state index in [4.69, 9.17) is 14.7 Å². The molecule has 0 radical (unpaired) electrons. The fourth-order valence-electron chi connectivity index (χ4n) is 0.584. The van der Waals surface area contributed by atoms with E-state index in [0.717, 1.165) is 0 Å². The van der Waals surface area contributed by atoms with Crippen LogP contribution in [0, 0.1) is 5.41 Å². The van der Waals surface area contributed by atoms with E-state index in [-0.39, 0.29) is 6.16 Å². The summed E-state index contributed by atoms with van der Waals surface area (Å²) in [5.74, 6) is 0. The average molecular weight is 167 g/mol. The fraction of sp³-hybridized carbons (Fsp3) is 0.800. The topological polar surface area (TPSA) is 77.8 Å². The molecule has 0 saturated carbocycles. The molecule has 4 nitrogen and oxygen atoms in total. The number of hydrogen-bond acceptors (Lipinski definition) is 4. The van der Waals surface area contributed by atoms with Gasteiger partial charge in [0.15, 0.2) is 6.16 Å². The minimum Gasteiger partial charge on any atom is -0.303 e. The van der Waals surface area contributed by atoms with E-state index in [1.807, 2.05) is 0 Å². The first kappa shape index (κ1) is 9.98. The Bertz CT molecular complexity index is 126. The zero-order chi connectivity index (χ0) is 8.41. The van der Waals surface area contributed by atoms with E-state index in [0.29, 0.717) is 6.29 Å².